The molecule has 0 aliphatic carbocycles. The number of nitrogens with zero attached hydrogens (tertiary/aromatic N) is 1. The van der Waals surface area contributed by atoms with E-state index in [0.29, 0.717) is 5.56 Å². The Hall–Kier alpha value is -1.45. The van der Waals surface area contributed by atoms with Gasteiger partial charge in [-0.05, 0) is 18.6 Å². The summed E-state index contributed by atoms with van der Waals surface area (Å²) >= 11 is 0. The molecular weight excluding hydrogens is 202 g/mol. The number of sulfone groups is 1. The van der Waals surface area contributed by atoms with Gasteiger partial charge < -0.3 is 0 Å². The summed E-state index contributed by atoms with van der Waals surface area (Å²) in [5.74, 6) is -0.540. The van der Waals surface area contributed by atoms with Crippen LogP contribution in [-0.2, 0) is 14.6 Å². The molecule has 0 fully saturated rings. The van der Waals surface area contributed by atoms with Gasteiger partial charge in [0.05, 0.1) is 4.90 Å². The highest BCUT2D eigenvalue weighted by molar-refractivity contribution is 7.91. The molecule has 1 rings (SSSR count). The van der Waals surface area contributed by atoms with Crippen LogP contribution in [0, 0.1) is 6.92 Å². The third kappa shape index (κ3) is 2.28. The second kappa shape index (κ2) is 4.17. The molecule has 5 heteroatoms. The second-order valence-electron chi connectivity index (χ2n) is 2.76. The molecule has 0 saturated carbocycles. The summed E-state index contributed by atoms with van der Waals surface area (Å²) in [6.07, 6.45) is 1.21. The van der Waals surface area contributed by atoms with Crippen LogP contribution in [0.25, 0.3) is 0 Å². The van der Waals surface area contributed by atoms with E-state index in [1.54, 1.807) is 25.1 Å². The highest BCUT2D eigenvalue weighted by atomic mass is 32.2. The molecule has 0 spiro atoms. The van der Waals surface area contributed by atoms with Gasteiger partial charge in [-0.2, -0.15) is 4.99 Å². The fourth-order valence-electron chi connectivity index (χ4n) is 1.09. The van der Waals surface area contributed by atoms with Gasteiger partial charge in [-0.3, -0.25) is 0 Å². The average Bonchev–Trinajstić information content (AvgIpc) is 2.15. The molecular formula is C9H9NO3S. The lowest BCUT2D eigenvalue weighted by molar-refractivity contribution is 0.562. The molecule has 0 aliphatic heterocycles. The Bertz CT molecular complexity index is 473. The Morgan fingerprint density at radius 3 is 2.57 bits per heavy atom. The minimum atomic E-state index is -3.48. The average molecular weight is 211 g/mol. The Labute approximate surface area is 82.2 Å². The molecule has 0 radical (unpaired) electrons. The van der Waals surface area contributed by atoms with Crippen molar-refractivity contribution in [3.8, 4) is 0 Å². The third-order valence-electron chi connectivity index (χ3n) is 1.73. The van der Waals surface area contributed by atoms with Gasteiger partial charge in [0.2, 0.25) is 6.08 Å². The van der Waals surface area contributed by atoms with Crippen LogP contribution in [-0.4, -0.2) is 20.4 Å². The van der Waals surface area contributed by atoms with Crippen molar-refractivity contribution in [1.82, 2.24) is 0 Å². The molecule has 0 atom stereocenters. The molecule has 0 heterocycles. The Balaban J connectivity index is 3.17. The number of aryl methyl sites for hydroxylation is 1. The fourth-order valence-corrected chi connectivity index (χ4v) is 2.29. The van der Waals surface area contributed by atoms with Crippen LogP contribution < -0.4 is 0 Å². The van der Waals surface area contributed by atoms with Crippen molar-refractivity contribution in [2.24, 2.45) is 4.99 Å². The number of hydrogen-bond donors (Lipinski definition) is 0. The normalized spacial score (nSPS) is 10.6. The Kier molecular flexibility index (Phi) is 3.17. The standard InChI is InChI=1S/C9H9NO3S/c1-8-4-2-3-5-9(8)14(12,13)7-10-6-11/h2-5H,7H2,1H3. The van der Waals surface area contributed by atoms with Crippen LogP contribution in [0.4, 0.5) is 0 Å². The van der Waals surface area contributed by atoms with E-state index < -0.39 is 15.7 Å². The smallest absolute Gasteiger partial charge is 0.222 e. The van der Waals surface area contributed by atoms with Gasteiger partial charge in [-0.25, -0.2) is 13.2 Å². The van der Waals surface area contributed by atoms with E-state index in [0.717, 1.165) is 0 Å². The van der Waals surface area contributed by atoms with Crippen molar-refractivity contribution in [3.63, 3.8) is 0 Å². The highest BCUT2D eigenvalue weighted by Gasteiger charge is 2.15. The monoisotopic (exact) mass is 211 g/mol. The zero-order valence-electron chi connectivity index (χ0n) is 7.60. The minimum Gasteiger partial charge on any atom is -0.222 e. The number of aliphatic imine (C=N–C) groups is 1. The van der Waals surface area contributed by atoms with E-state index >= 15 is 0 Å². The summed E-state index contributed by atoms with van der Waals surface area (Å²) in [6, 6.07) is 6.56. The third-order valence-corrected chi connectivity index (χ3v) is 3.32. The quantitative estimate of drug-likeness (QED) is 0.554. The summed E-state index contributed by atoms with van der Waals surface area (Å²) < 4.78 is 23.1. The van der Waals surface area contributed by atoms with Crippen molar-refractivity contribution < 1.29 is 13.2 Å². The van der Waals surface area contributed by atoms with Gasteiger partial charge in [0.1, 0.15) is 0 Å². The van der Waals surface area contributed by atoms with Gasteiger partial charge in [-0.1, -0.05) is 18.2 Å². The molecule has 0 amide bonds. The molecule has 0 bridgehead atoms. The molecule has 0 aliphatic rings. The maximum absolute atomic E-state index is 11.5. The second-order valence-corrected chi connectivity index (χ2v) is 4.69. The van der Waals surface area contributed by atoms with E-state index in [4.69, 9.17) is 0 Å². The van der Waals surface area contributed by atoms with E-state index in [1.807, 2.05) is 0 Å². The van der Waals surface area contributed by atoms with Gasteiger partial charge >= 0.3 is 0 Å². The predicted octanol–water partition coefficient (Wildman–Crippen LogP) is 1.06. The lowest BCUT2D eigenvalue weighted by Gasteiger charge is -2.03. The summed E-state index contributed by atoms with van der Waals surface area (Å²) in [7, 11) is -3.48. The molecule has 0 aromatic heterocycles. The first-order chi connectivity index (χ1) is 6.58. The van der Waals surface area contributed by atoms with Crippen LogP contribution in [0.1, 0.15) is 5.56 Å². The van der Waals surface area contributed by atoms with Gasteiger partial charge in [0.25, 0.3) is 0 Å². The van der Waals surface area contributed by atoms with Crippen molar-refractivity contribution >= 4 is 15.9 Å². The van der Waals surface area contributed by atoms with Gasteiger partial charge in [-0.15, -0.1) is 0 Å². The molecule has 74 valence electrons. The molecule has 1 aromatic rings. The first-order valence-electron chi connectivity index (χ1n) is 3.90. The zero-order valence-corrected chi connectivity index (χ0v) is 8.41. The number of carbonyl (C=O) groups excluding carboxylic acids is 1. The van der Waals surface area contributed by atoms with Crippen LogP contribution in [0.5, 0.6) is 0 Å². The molecule has 0 saturated heterocycles. The number of hydrogen-bond acceptors (Lipinski definition) is 4. The van der Waals surface area contributed by atoms with Crippen LogP contribution in [0.2, 0.25) is 0 Å². The largest absolute Gasteiger partial charge is 0.236 e. The van der Waals surface area contributed by atoms with E-state index in [1.165, 1.54) is 12.1 Å². The molecule has 1 aromatic carbocycles. The fraction of sp³-hybridized carbons (Fsp3) is 0.222. The molecule has 0 N–H and O–H groups in total. The molecule has 4 nitrogen and oxygen atoms in total. The van der Waals surface area contributed by atoms with Crippen molar-refractivity contribution in [2.75, 3.05) is 5.88 Å². The van der Waals surface area contributed by atoms with Crippen molar-refractivity contribution in [2.45, 2.75) is 11.8 Å². The summed E-state index contributed by atoms with van der Waals surface area (Å²) in [6.45, 7) is 1.69. The van der Waals surface area contributed by atoms with Crippen LogP contribution in [0.15, 0.2) is 34.2 Å². The molecule has 14 heavy (non-hydrogen) atoms. The summed E-state index contributed by atoms with van der Waals surface area (Å²) in [5.41, 5.74) is 0.647. The lowest BCUT2D eigenvalue weighted by Crippen LogP contribution is -2.06. The van der Waals surface area contributed by atoms with E-state index in [-0.39, 0.29) is 4.90 Å². The van der Waals surface area contributed by atoms with Crippen LogP contribution >= 0.6 is 0 Å². The lowest BCUT2D eigenvalue weighted by atomic mass is 10.2. The van der Waals surface area contributed by atoms with E-state index in [2.05, 4.69) is 4.99 Å². The zero-order chi connectivity index (χ0) is 10.6. The summed E-state index contributed by atoms with van der Waals surface area (Å²) in [5, 5.41) is 0. The summed E-state index contributed by atoms with van der Waals surface area (Å²) in [4.78, 5) is 13.1. The number of benzene rings is 1. The van der Waals surface area contributed by atoms with Crippen LogP contribution in [0.3, 0.4) is 0 Å². The first kappa shape index (κ1) is 10.6. The first-order valence-corrected chi connectivity index (χ1v) is 5.55. The number of isocyanates is 1. The van der Waals surface area contributed by atoms with Gasteiger partial charge in [0.15, 0.2) is 15.7 Å². The predicted molar refractivity (Wildman–Crippen MR) is 51.4 cm³/mol. The van der Waals surface area contributed by atoms with Crippen molar-refractivity contribution in [3.05, 3.63) is 29.8 Å². The Morgan fingerprint density at radius 1 is 1.36 bits per heavy atom. The van der Waals surface area contributed by atoms with Crippen molar-refractivity contribution in [1.29, 1.82) is 0 Å². The molecule has 0 unspecified atom stereocenters. The topological polar surface area (TPSA) is 63.6 Å². The maximum atomic E-state index is 11.5. The van der Waals surface area contributed by atoms with Gasteiger partial charge in [0, 0.05) is 0 Å². The van der Waals surface area contributed by atoms with E-state index in [9.17, 15) is 13.2 Å². The minimum absolute atomic E-state index is 0.207. The maximum Gasteiger partial charge on any atom is 0.236 e. The SMILES string of the molecule is Cc1ccccc1S(=O)(=O)CN=C=O. The Morgan fingerprint density at radius 2 is 2.00 bits per heavy atom. The number of rotatable bonds is 3. The highest BCUT2D eigenvalue weighted by Crippen LogP contribution is 2.15.